The third-order valence-electron chi connectivity index (χ3n) is 3.67. The maximum absolute atomic E-state index is 14.2. The molecule has 22 heavy (non-hydrogen) atoms. The Bertz CT molecular complexity index is 475. The van der Waals surface area contributed by atoms with Crippen molar-refractivity contribution in [3.63, 3.8) is 0 Å². The van der Waals surface area contributed by atoms with Crippen LogP contribution in [0, 0.1) is 5.82 Å². The second kappa shape index (κ2) is 8.08. The summed E-state index contributed by atoms with van der Waals surface area (Å²) in [5.74, 6) is -1.29. The number of hydrogen-bond donors (Lipinski definition) is 1. The number of piperazine rings is 1. The van der Waals surface area contributed by atoms with E-state index in [2.05, 4.69) is 5.32 Å². The highest BCUT2D eigenvalue weighted by atomic mass is 35.5. The summed E-state index contributed by atoms with van der Waals surface area (Å²) >= 11 is 0. The maximum Gasteiger partial charge on any atom is 0.419 e. The van der Waals surface area contributed by atoms with Crippen LogP contribution in [-0.4, -0.2) is 37.8 Å². The van der Waals surface area contributed by atoms with Crippen molar-refractivity contribution in [3.8, 4) is 0 Å². The Morgan fingerprint density at radius 2 is 1.82 bits per heavy atom. The van der Waals surface area contributed by atoms with Gasteiger partial charge in [0.1, 0.15) is 5.82 Å². The molecule has 2 nitrogen and oxygen atoms in total. The molecule has 0 aliphatic carbocycles. The molecular formula is C14H18ClF5N2. The molecule has 1 N–H and O–H groups in total. The average molecular weight is 345 g/mol. The molecule has 0 bridgehead atoms. The SMILES string of the molecule is Cl.FCC[C@@H](c1cccc(C(F)(F)F)c1F)N1CCNCC1. The normalized spacial score (nSPS) is 17.9. The minimum atomic E-state index is -4.75. The van der Waals surface area contributed by atoms with Crippen LogP contribution < -0.4 is 5.32 Å². The van der Waals surface area contributed by atoms with Crippen molar-refractivity contribution < 1.29 is 22.0 Å². The lowest BCUT2D eigenvalue weighted by Gasteiger charge is -2.35. The summed E-state index contributed by atoms with van der Waals surface area (Å²) in [6.07, 6.45) is -4.76. The van der Waals surface area contributed by atoms with Crippen molar-refractivity contribution in [2.75, 3.05) is 32.9 Å². The summed E-state index contributed by atoms with van der Waals surface area (Å²) < 4.78 is 65.3. The van der Waals surface area contributed by atoms with Crippen LogP contribution >= 0.6 is 12.4 Å². The third kappa shape index (κ3) is 4.30. The van der Waals surface area contributed by atoms with E-state index in [9.17, 15) is 22.0 Å². The lowest BCUT2D eigenvalue weighted by atomic mass is 9.98. The van der Waals surface area contributed by atoms with E-state index in [1.165, 1.54) is 12.1 Å². The summed E-state index contributed by atoms with van der Waals surface area (Å²) in [7, 11) is 0. The van der Waals surface area contributed by atoms with Gasteiger partial charge in [-0.1, -0.05) is 12.1 Å². The monoisotopic (exact) mass is 344 g/mol. The zero-order valence-corrected chi connectivity index (χ0v) is 12.6. The second-order valence-electron chi connectivity index (χ2n) is 4.99. The number of benzene rings is 1. The van der Waals surface area contributed by atoms with Crippen LogP contribution in [0.4, 0.5) is 22.0 Å². The third-order valence-corrected chi connectivity index (χ3v) is 3.67. The van der Waals surface area contributed by atoms with E-state index in [1.807, 2.05) is 4.90 Å². The van der Waals surface area contributed by atoms with Crippen molar-refractivity contribution in [1.29, 1.82) is 0 Å². The van der Waals surface area contributed by atoms with Crippen LogP contribution in [-0.2, 0) is 6.18 Å². The molecule has 0 amide bonds. The van der Waals surface area contributed by atoms with E-state index in [1.54, 1.807) is 0 Å². The fourth-order valence-electron chi connectivity index (χ4n) is 2.66. The summed E-state index contributed by atoms with van der Waals surface area (Å²) in [6, 6.07) is 2.53. The largest absolute Gasteiger partial charge is 0.419 e. The Kier molecular flexibility index (Phi) is 7.02. The molecule has 0 radical (unpaired) electrons. The predicted molar refractivity (Wildman–Crippen MR) is 76.4 cm³/mol. The Morgan fingerprint density at radius 1 is 1.18 bits per heavy atom. The summed E-state index contributed by atoms with van der Waals surface area (Å²) in [4.78, 5) is 1.83. The van der Waals surface area contributed by atoms with Crippen LogP contribution in [0.1, 0.15) is 23.6 Å². The fourth-order valence-corrected chi connectivity index (χ4v) is 2.66. The van der Waals surface area contributed by atoms with Gasteiger partial charge in [-0.05, 0) is 12.5 Å². The van der Waals surface area contributed by atoms with Crippen molar-refractivity contribution in [1.82, 2.24) is 10.2 Å². The van der Waals surface area contributed by atoms with Crippen LogP contribution in [0.15, 0.2) is 18.2 Å². The molecular weight excluding hydrogens is 327 g/mol. The lowest BCUT2D eigenvalue weighted by Crippen LogP contribution is -2.45. The molecule has 1 fully saturated rings. The minimum absolute atomic E-state index is 0. The molecule has 2 rings (SSSR count). The van der Waals surface area contributed by atoms with Gasteiger partial charge in [-0.3, -0.25) is 9.29 Å². The van der Waals surface area contributed by atoms with Gasteiger partial charge < -0.3 is 5.32 Å². The second-order valence-corrected chi connectivity index (χ2v) is 4.99. The molecule has 0 unspecified atom stereocenters. The van der Waals surface area contributed by atoms with Crippen molar-refractivity contribution >= 4 is 12.4 Å². The van der Waals surface area contributed by atoms with Crippen molar-refractivity contribution in [2.24, 2.45) is 0 Å². The van der Waals surface area contributed by atoms with Gasteiger partial charge >= 0.3 is 6.18 Å². The van der Waals surface area contributed by atoms with E-state index in [-0.39, 0.29) is 24.4 Å². The molecule has 126 valence electrons. The quantitative estimate of drug-likeness (QED) is 0.840. The molecule has 8 heteroatoms. The highest BCUT2D eigenvalue weighted by Gasteiger charge is 2.36. The van der Waals surface area contributed by atoms with Gasteiger partial charge in [0.15, 0.2) is 0 Å². The molecule has 0 saturated carbocycles. The lowest BCUT2D eigenvalue weighted by molar-refractivity contribution is -0.140. The molecule has 1 atom stereocenters. The molecule has 1 aromatic rings. The zero-order chi connectivity index (χ0) is 15.5. The minimum Gasteiger partial charge on any atom is -0.314 e. The Labute approximate surface area is 132 Å². The predicted octanol–water partition coefficient (Wildman–Crippen LogP) is 3.57. The first-order chi connectivity index (χ1) is 9.95. The Hall–Kier alpha value is -0.920. The summed E-state index contributed by atoms with van der Waals surface area (Å²) in [5.41, 5.74) is -1.37. The number of halogens is 6. The van der Waals surface area contributed by atoms with Gasteiger partial charge in [-0.15, -0.1) is 12.4 Å². The Morgan fingerprint density at radius 3 is 2.36 bits per heavy atom. The van der Waals surface area contributed by atoms with E-state index >= 15 is 0 Å². The summed E-state index contributed by atoms with van der Waals surface area (Å²) in [6.45, 7) is 1.72. The van der Waals surface area contributed by atoms with Gasteiger partial charge in [0.2, 0.25) is 0 Å². The average Bonchev–Trinajstić information content (AvgIpc) is 2.45. The molecule has 1 heterocycles. The smallest absolute Gasteiger partial charge is 0.314 e. The van der Waals surface area contributed by atoms with E-state index in [0.29, 0.717) is 32.2 Å². The molecule has 1 aliphatic heterocycles. The topological polar surface area (TPSA) is 15.3 Å². The van der Waals surface area contributed by atoms with Gasteiger partial charge in [0.25, 0.3) is 0 Å². The van der Waals surface area contributed by atoms with Gasteiger partial charge in [0.05, 0.1) is 12.2 Å². The van der Waals surface area contributed by atoms with Crippen LogP contribution in [0.3, 0.4) is 0 Å². The first kappa shape index (κ1) is 19.1. The first-order valence-electron chi connectivity index (χ1n) is 6.81. The first-order valence-corrected chi connectivity index (χ1v) is 6.81. The van der Waals surface area contributed by atoms with Crippen LogP contribution in [0.25, 0.3) is 0 Å². The highest BCUT2D eigenvalue weighted by Crippen LogP contribution is 2.36. The molecule has 1 saturated heterocycles. The maximum atomic E-state index is 14.2. The van der Waals surface area contributed by atoms with Crippen molar-refractivity contribution in [3.05, 3.63) is 35.1 Å². The molecule has 1 aliphatic rings. The number of rotatable bonds is 4. The van der Waals surface area contributed by atoms with Crippen LogP contribution in [0.5, 0.6) is 0 Å². The standard InChI is InChI=1S/C14H17F5N2.ClH/c15-5-4-12(21-8-6-20-7-9-21)10-2-1-3-11(13(10)16)14(17,18)19;/h1-3,12,20H,4-9H2;1H/t12-;/m0./s1. The molecule has 0 aromatic heterocycles. The van der Waals surface area contributed by atoms with E-state index in [0.717, 1.165) is 0 Å². The van der Waals surface area contributed by atoms with Crippen molar-refractivity contribution in [2.45, 2.75) is 18.6 Å². The van der Waals surface area contributed by atoms with Gasteiger partial charge in [-0.2, -0.15) is 13.2 Å². The summed E-state index contributed by atoms with van der Waals surface area (Å²) in [5, 5.41) is 3.10. The number of nitrogens with one attached hydrogen (secondary N) is 1. The zero-order valence-electron chi connectivity index (χ0n) is 11.8. The number of alkyl halides is 4. The van der Waals surface area contributed by atoms with E-state index in [4.69, 9.17) is 0 Å². The number of nitrogens with zero attached hydrogens (tertiary/aromatic N) is 1. The molecule has 0 spiro atoms. The highest BCUT2D eigenvalue weighted by molar-refractivity contribution is 5.85. The van der Waals surface area contributed by atoms with Gasteiger partial charge in [0, 0.05) is 37.8 Å². The molecule has 1 aromatic carbocycles. The van der Waals surface area contributed by atoms with Crippen LogP contribution in [0.2, 0.25) is 0 Å². The number of hydrogen-bond acceptors (Lipinski definition) is 2. The fraction of sp³-hybridized carbons (Fsp3) is 0.571. The Balaban J connectivity index is 0.00000242. The van der Waals surface area contributed by atoms with E-state index < -0.39 is 30.3 Å². The van der Waals surface area contributed by atoms with Gasteiger partial charge in [-0.25, -0.2) is 4.39 Å².